The van der Waals surface area contributed by atoms with Crippen LogP contribution in [0.2, 0.25) is 0 Å². The Balaban J connectivity index is 2.06. The van der Waals surface area contributed by atoms with Crippen LogP contribution in [0.25, 0.3) is 0 Å². The van der Waals surface area contributed by atoms with Crippen molar-refractivity contribution in [3.8, 4) is 0 Å². The zero-order chi connectivity index (χ0) is 16.1. The minimum atomic E-state index is -1.03. The molecule has 5 nitrogen and oxygen atoms in total. The van der Waals surface area contributed by atoms with Gasteiger partial charge in [0.15, 0.2) is 6.29 Å². The van der Waals surface area contributed by atoms with E-state index in [4.69, 9.17) is 9.47 Å². The maximum atomic E-state index is 12.4. The lowest BCUT2D eigenvalue weighted by molar-refractivity contribution is -0.190. The number of β-amino-alcohol motifs (C(OH)–C–C–N with tert-alkyl or cyclic N) is 1. The van der Waals surface area contributed by atoms with Crippen molar-refractivity contribution in [3.05, 3.63) is 48.6 Å². The van der Waals surface area contributed by atoms with Crippen LogP contribution in [0.3, 0.4) is 0 Å². The second kappa shape index (κ2) is 7.42. The summed E-state index contributed by atoms with van der Waals surface area (Å²) in [6, 6.07) is 9.29. The lowest BCUT2D eigenvalue weighted by Crippen LogP contribution is -2.58. The zero-order valence-electron chi connectivity index (χ0n) is 13.0. The first-order valence-corrected chi connectivity index (χ1v) is 7.46. The molecule has 2 unspecified atom stereocenters. The van der Waals surface area contributed by atoms with E-state index in [-0.39, 0.29) is 25.1 Å². The fraction of sp³-hybridized carbons (Fsp3) is 0.471. The number of rotatable bonds is 4. The monoisotopic (exact) mass is 305 g/mol. The fourth-order valence-corrected chi connectivity index (χ4v) is 2.70. The van der Waals surface area contributed by atoms with Gasteiger partial charge in [0.2, 0.25) is 0 Å². The Hall–Kier alpha value is -1.85. The quantitative estimate of drug-likeness (QED) is 0.869. The van der Waals surface area contributed by atoms with E-state index in [2.05, 4.69) is 6.58 Å². The molecular formula is C17H23NO4. The molecule has 1 amide bonds. The minimum Gasteiger partial charge on any atom is -0.445 e. The second-order valence-corrected chi connectivity index (χ2v) is 5.72. The average Bonchev–Trinajstić information content (AvgIpc) is 2.52. The van der Waals surface area contributed by atoms with Gasteiger partial charge in [0.05, 0.1) is 18.7 Å². The summed E-state index contributed by atoms with van der Waals surface area (Å²) < 4.78 is 10.8. The first kappa shape index (κ1) is 16.5. The van der Waals surface area contributed by atoms with E-state index in [1.54, 1.807) is 6.08 Å². The van der Waals surface area contributed by atoms with E-state index in [0.29, 0.717) is 0 Å². The summed E-state index contributed by atoms with van der Waals surface area (Å²) in [4.78, 5) is 13.9. The topological polar surface area (TPSA) is 59.0 Å². The first-order valence-electron chi connectivity index (χ1n) is 7.46. The van der Waals surface area contributed by atoms with Gasteiger partial charge in [-0.05, 0) is 11.5 Å². The molecule has 1 aliphatic heterocycles. The molecule has 2 rings (SSSR count). The van der Waals surface area contributed by atoms with Crippen LogP contribution in [0.4, 0.5) is 4.79 Å². The summed E-state index contributed by atoms with van der Waals surface area (Å²) in [5.74, 6) is 0.153. The summed E-state index contributed by atoms with van der Waals surface area (Å²) in [6.45, 7) is 8.03. The Morgan fingerprint density at radius 3 is 2.77 bits per heavy atom. The Kier molecular flexibility index (Phi) is 5.57. The predicted molar refractivity (Wildman–Crippen MR) is 83.0 cm³/mol. The van der Waals surface area contributed by atoms with Crippen molar-refractivity contribution in [1.29, 1.82) is 0 Å². The highest BCUT2D eigenvalue weighted by Crippen LogP contribution is 2.25. The average molecular weight is 305 g/mol. The number of benzene rings is 1. The van der Waals surface area contributed by atoms with Crippen LogP contribution in [-0.4, -0.2) is 41.1 Å². The van der Waals surface area contributed by atoms with Gasteiger partial charge >= 0.3 is 6.09 Å². The van der Waals surface area contributed by atoms with Gasteiger partial charge in [-0.3, -0.25) is 4.90 Å². The van der Waals surface area contributed by atoms with Gasteiger partial charge in [0, 0.05) is 0 Å². The molecule has 1 aromatic rings. The Morgan fingerprint density at radius 1 is 1.50 bits per heavy atom. The van der Waals surface area contributed by atoms with Gasteiger partial charge in [-0.25, -0.2) is 4.79 Å². The minimum absolute atomic E-state index is 0.0980. The third-order valence-corrected chi connectivity index (χ3v) is 3.72. The molecule has 1 saturated heterocycles. The standard InChI is InChI=1S/C17H23NO4/c1-4-14-16(12(2)3)18(10-15(19)22-14)17(20)21-11-13-8-6-5-7-9-13/h4-9,12,14-16,19H,1,10-11H2,2-3H3/t14?,15?,16-/m0/s1. The van der Waals surface area contributed by atoms with Crippen LogP contribution < -0.4 is 0 Å². The molecule has 3 atom stereocenters. The summed E-state index contributed by atoms with van der Waals surface area (Å²) in [6.07, 6.45) is -0.267. The summed E-state index contributed by atoms with van der Waals surface area (Å²) >= 11 is 0. The number of hydrogen-bond donors (Lipinski definition) is 1. The SMILES string of the molecule is C=CC1OC(O)CN(C(=O)OCc2ccccc2)[C@H]1C(C)C. The van der Waals surface area contributed by atoms with E-state index in [1.807, 2.05) is 44.2 Å². The molecule has 1 aliphatic rings. The molecule has 0 aliphatic carbocycles. The van der Waals surface area contributed by atoms with Crippen LogP contribution in [0, 0.1) is 5.92 Å². The highest BCUT2D eigenvalue weighted by Gasteiger charge is 2.40. The number of carbonyl (C=O) groups is 1. The molecule has 22 heavy (non-hydrogen) atoms. The van der Waals surface area contributed by atoms with Crippen molar-refractivity contribution in [2.45, 2.75) is 38.9 Å². The second-order valence-electron chi connectivity index (χ2n) is 5.72. The molecule has 120 valence electrons. The van der Waals surface area contributed by atoms with Gasteiger partial charge in [-0.15, -0.1) is 6.58 Å². The Morgan fingerprint density at radius 2 is 2.18 bits per heavy atom. The predicted octanol–water partition coefficient (Wildman–Crippen LogP) is 2.55. The Labute approximate surface area is 131 Å². The number of aliphatic hydroxyl groups excluding tert-OH is 1. The molecule has 0 saturated carbocycles. The lowest BCUT2D eigenvalue weighted by atomic mass is 9.95. The molecule has 5 heteroatoms. The van der Waals surface area contributed by atoms with Crippen LogP contribution in [0.15, 0.2) is 43.0 Å². The number of carbonyl (C=O) groups excluding carboxylic acids is 1. The molecule has 1 fully saturated rings. The van der Waals surface area contributed by atoms with E-state index < -0.39 is 18.5 Å². The van der Waals surface area contributed by atoms with Crippen molar-refractivity contribution in [2.24, 2.45) is 5.92 Å². The van der Waals surface area contributed by atoms with Crippen molar-refractivity contribution in [3.63, 3.8) is 0 Å². The number of amides is 1. The molecule has 1 aromatic carbocycles. The van der Waals surface area contributed by atoms with Crippen LogP contribution in [0.1, 0.15) is 19.4 Å². The third-order valence-electron chi connectivity index (χ3n) is 3.72. The highest BCUT2D eigenvalue weighted by atomic mass is 16.6. The largest absolute Gasteiger partial charge is 0.445 e. The van der Waals surface area contributed by atoms with E-state index in [0.717, 1.165) is 5.56 Å². The van der Waals surface area contributed by atoms with Crippen molar-refractivity contribution >= 4 is 6.09 Å². The number of hydrogen-bond acceptors (Lipinski definition) is 4. The van der Waals surface area contributed by atoms with Crippen molar-refractivity contribution < 1.29 is 19.4 Å². The smallest absolute Gasteiger partial charge is 0.410 e. The molecule has 0 aromatic heterocycles. The van der Waals surface area contributed by atoms with E-state index in [9.17, 15) is 9.90 Å². The molecular weight excluding hydrogens is 282 g/mol. The maximum absolute atomic E-state index is 12.4. The van der Waals surface area contributed by atoms with Gasteiger partial charge < -0.3 is 14.6 Å². The Bertz CT molecular complexity index is 503. The third kappa shape index (κ3) is 3.87. The molecule has 0 radical (unpaired) electrons. The molecule has 0 bridgehead atoms. The molecule has 1 N–H and O–H groups in total. The maximum Gasteiger partial charge on any atom is 0.410 e. The fourth-order valence-electron chi connectivity index (χ4n) is 2.70. The van der Waals surface area contributed by atoms with Crippen molar-refractivity contribution in [2.75, 3.05) is 6.54 Å². The van der Waals surface area contributed by atoms with Crippen molar-refractivity contribution in [1.82, 2.24) is 4.90 Å². The van der Waals surface area contributed by atoms with Crippen LogP contribution in [-0.2, 0) is 16.1 Å². The van der Waals surface area contributed by atoms with E-state index in [1.165, 1.54) is 4.90 Å². The number of nitrogens with zero attached hydrogens (tertiary/aromatic N) is 1. The van der Waals surface area contributed by atoms with Gasteiger partial charge in [0.1, 0.15) is 6.61 Å². The first-order chi connectivity index (χ1) is 10.5. The van der Waals surface area contributed by atoms with E-state index >= 15 is 0 Å². The zero-order valence-corrected chi connectivity index (χ0v) is 13.0. The summed E-state index contributed by atoms with van der Waals surface area (Å²) in [5.41, 5.74) is 0.922. The number of morpholine rings is 1. The summed E-state index contributed by atoms with van der Waals surface area (Å²) in [5, 5.41) is 9.80. The van der Waals surface area contributed by atoms with Crippen LogP contribution in [0.5, 0.6) is 0 Å². The number of ether oxygens (including phenoxy) is 2. The summed E-state index contributed by atoms with van der Waals surface area (Å²) in [7, 11) is 0. The van der Waals surface area contributed by atoms with Gasteiger partial charge in [0.25, 0.3) is 0 Å². The van der Waals surface area contributed by atoms with Gasteiger partial charge in [-0.2, -0.15) is 0 Å². The van der Waals surface area contributed by atoms with Gasteiger partial charge in [-0.1, -0.05) is 50.3 Å². The number of aliphatic hydroxyl groups is 1. The lowest BCUT2D eigenvalue weighted by Gasteiger charge is -2.43. The highest BCUT2D eigenvalue weighted by molar-refractivity contribution is 5.68. The molecule has 1 heterocycles. The van der Waals surface area contributed by atoms with Crippen LogP contribution >= 0.6 is 0 Å². The molecule has 0 spiro atoms. The normalized spacial score (nSPS) is 25.1.